The number of thioether (sulfide) groups is 1. The Labute approximate surface area is 170 Å². The molecule has 4 nitrogen and oxygen atoms in total. The van der Waals surface area contributed by atoms with Crippen LogP contribution < -0.4 is 10.6 Å². The molecule has 0 saturated carbocycles. The van der Waals surface area contributed by atoms with Gasteiger partial charge in [-0.3, -0.25) is 9.59 Å². The fraction of sp³-hybridized carbons (Fsp3) is 0.333. The number of hydrogen-bond acceptors (Lipinski definition) is 3. The van der Waals surface area contributed by atoms with Crippen LogP contribution in [0.25, 0.3) is 0 Å². The molecule has 2 aromatic rings. The monoisotopic (exact) mass is 404 g/mol. The molecule has 2 rings (SSSR count). The van der Waals surface area contributed by atoms with Crippen LogP contribution in [0.4, 0.5) is 5.69 Å². The summed E-state index contributed by atoms with van der Waals surface area (Å²) in [6.07, 6.45) is 2.61. The highest BCUT2D eigenvalue weighted by Gasteiger charge is 2.20. The zero-order valence-corrected chi connectivity index (χ0v) is 17.2. The normalized spacial score (nSPS) is 11.7. The lowest BCUT2D eigenvalue weighted by molar-refractivity contribution is -0.115. The maximum Gasteiger partial charge on any atom is 0.253 e. The third kappa shape index (κ3) is 6.60. The van der Waals surface area contributed by atoms with Crippen LogP contribution in [0, 0.1) is 0 Å². The minimum atomic E-state index is -0.262. The minimum Gasteiger partial charge on any atom is -0.352 e. The van der Waals surface area contributed by atoms with E-state index >= 15 is 0 Å². The van der Waals surface area contributed by atoms with E-state index in [1.54, 1.807) is 18.2 Å². The number of anilines is 1. The summed E-state index contributed by atoms with van der Waals surface area (Å²) >= 11 is 7.40. The van der Waals surface area contributed by atoms with Crippen LogP contribution in [-0.2, 0) is 4.79 Å². The van der Waals surface area contributed by atoms with Gasteiger partial charge in [0.15, 0.2) is 0 Å². The molecule has 6 heteroatoms. The first kappa shape index (κ1) is 21.3. The van der Waals surface area contributed by atoms with E-state index in [1.807, 2.05) is 37.3 Å². The fourth-order valence-electron chi connectivity index (χ4n) is 2.48. The van der Waals surface area contributed by atoms with E-state index in [-0.39, 0.29) is 17.1 Å². The number of benzene rings is 2. The summed E-state index contributed by atoms with van der Waals surface area (Å²) in [7, 11) is 0. The van der Waals surface area contributed by atoms with Gasteiger partial charge in [0.05, 0.1) is 16.5 Å². The Hall–Kier alpha value is -1.98. The molecule has 144 valence electrons. The number of nitrogens with one attached hydrogen (secondary N) is 2. The van der Waals surface area contributed by atoms with Crippen LogP contribution >= 0.6 is 23.4 Å². The number of carbonyl (C=O) groups excluding carboxylic acids is 2. The summed E-state index contributed by atoms with van der Waals surface area (Å²) in [4.78, 5) is 26.1. The molecule has 0 radical (unpaired) electrons. The Kier molecular flexibility index (Phi) is 8.69. The molecule has 1 unspecified atom stereocenters. The van der Waals surface area contributed by atoms with Gasteiger partial charge in [-0.15, -0.1) is 11.8 Å². The molecule has 0 aliphatic rings. The second-order valence-electron chi connectivity index (χ2n) is 6.11. The van der Waals surface area contributed by atoms with Gasteiger partial charge in [0.25, 0.3) is 5.91 Å². The molecular weight excluding hydrogens is 380 g/mol. The lowest BCUT2D eigenvalue weighted by Gasteiger charge is -2.16. The van der Waals surface area contributed by atoms with Crippen molar-refractivity contribution >= 4 is 40.9 Å². The molecule has 0 spiro atoms. The minimum absolute atomic E-state index is 0.119. The predicted octanol–water partition coefficient (Wildman–Crippen LogP) is 5.38. The molecule has 0 bridgehead atoms. The smallest absolute Gasteiger partial charge is 0.253 e. The average Bonchev–Trinajstić information content (AvgIpc) is 2.68. The number of carbonyl (C=O) groups is 2. The first-order valence-corrected chi connectivity index (χ1v) is 10.4. The van der Waals surface area contributed by atoms with Gasteiger partial charge in [0.2, 0.25) is 5.91 Å². The van der Waals surface area contributed by atoms with Crippen LogP contribution in [0.2, 0.25) is 5.02 Å². The van der Waals surface area contributed by atoms with Crippen molar-refractivity contribution in [3.8, 4) is 0 Å². The third-order valence-electron chi connectivity index (χ3n) is 4.00. The predicted molar refractivity (Wildman–Crippen MR) is 114 cm³/mol. The number of para-hydroxylation sites is 1. The van der Waals surface area contributed by atoms with Crippen molar-refractivity contribution in [2.24, 2.45) is 0 Å². The topological polar surface area (TPSA) is 58.2 Å². The SMILES string of the molecule is CCCCNC(=O)c1ccccc1NC(=O)C(CC)Sc1ccc(Cl)cc1. The second kappa shape index (κ2) is 11.0. The van der Waals surface area contributed by atoms with E-state index in [9.17, 15) is 9.59 Å². The van der Waals surface area contributed by atoms with Gasteiger partial charge in [0, 0.05) is 16.5 Å². The molecule has 1 atom stereocenters. The first-order valence-electron chi connectivity index (χ1n) is 9.15. The maximum atomic E-state index is 12.8. The second-order valence-corrected chi connectivity index (χ2v) is 7.83. The number of hydrogen-bond donors (Lipinski definition) is 2. The van der Waals surface area contributed by atoms with Crippen molar-refractivity contribution in [2.75, 3.05) is 11.9 Å². The molecule has 0 saturated heterocycles. The quantitative estimate of drug-likeness (QED) is 0.435. The van der Waals surface area contributed by atoms with E-state index in [0.717, 1.165) is 17.7 Å². The van der Waals surface area contributed by atoms with E-state index < -0.39 is 0 Å². The zero-order valence-electron chi connectivity index (χ0n) is 15.6. The number of unbranched alkanes of at least 4 members (excludes halogenated alkanes) is 1. The summed E-state index contributed by atoms with van der Waals surface area (Å²) in [5.74, 6) is -0.288. The van der Waals surface area contributed by atoms with E-state index in [1.165, 1.54) is 11.8 Å². The molecule has 0 fully saturated rings. The molecule has 2 aromatic carbocycles. The van der Waals surface area contributed by atoms with Crippen LogP contribution in [-0.4, -0.2) is 23.6 Å². The van der Waals surface area contributed by atoms with Crippen molar-refractivity contribution in [1.82, 2.24) is 5.32 Å². The van der Waals surface area contributed by atoms with E-state index in [0.29, 0.717) is 29.2 Å². The highest BCUT2D eigenvalue weighted by molar-refractivity contribution is 8.00. The molecule has 0 aromatic heterocycles. The third-order valence-corrected chi connectivity index (χ3v) is 5.63. The van der Waals surface area contributed by atoms with E-state index in [2.05, 4.69) is 17.6 Å². The summed E-state index contributed by atoms with van der Waals surface area (Å²) in [6.45, 7) is 4.67. The van der Waals surface area contributed by atoms with Gasteiger partial charge in [0.1, 0.15) is 0 Å². The zero-order chi connectivity index (χ0) is 19.6. The van der Waals surface area contributed by atoms with Crippen molar-refractivity contribution in [2.45, 2.75) is 43.3 Å². The van der Waals surface area contributed by atoms with Crippen molar-refractivity contribution in [3.63, 3.8) is 0 Å². The Morgan fingerprint density at radius 3 is 2.44 bits per heavy atom. The Morgan fingerprint density at radius 2 is 1.78 bits per heavy atom. The Bertz CT molecular complexity index is 765. The summed E-state index contributed by atoms with van der Waals surface area (Å²) in [5.41, 5.74) is 1.01. The highest BCUT2D eigenvalue weighted by Crippen LogP contribution is 2.28. The van der Waals surface area contributed by atoms with Gasteiger partial charge in [-0.2, -0.15) is 0 Å². The van der Waals surface area contributed by atoms with Gasteiger partial charge >= 0.3 is 0 Å². The van der Waals surface area contributed by atoms with Gasteiger partial charge in [-0.1, -0.05) is 44.0 Å². The molecule has 0 heterocycles. The number of amides is 2. The van der Waals surface area contributed by atoms with Crippen LogP contribution in [0.15, 0.2) is 53.4 Å². The van der Waals surface area contributed by atoms with E-state index in [4.69, 9.17) is 11.6 Å². The van der Waals surface area contributed by atoms with Crippen molar-refractivity contribution in [1.29, 1.82) is 0 Å². The van der Waals surface area contributed by atoms with Crippen LogP contribution in [0.5, 0.6) is 0 Å². The average molecular weight is 405 g/mol. The Morgan fingerprint density at radius 1 is 1.07 bits per heavy atom. The lowest BCUT2D eigenvalue weighted by Crippen LogP contribution is -2.28. The van der Waals surface area contributed by atoms with Crippen LogP contribution in [0.3, 0.4) is 0 Å². The van der Waals surface area contributed by atoms with Gasteiger partial charge in [-0.05, 0) is 49.2 Å². The number of halogens is 1. The number of rotatable bonds is 9. The Balaban J connectivity index is 2.07. The summed E-state index contributed by atoms with van der Waals surface area (Å²) < 4.78 is 0. The first-order chi connectivity index (χ1) is 13.0. The molecule has 27 heavy (non-hydrogen) atoms. The van der Waals surface area contributed by atoms with Crippen molar-refractivity contribution < 1.29 is 9.59 Å². The van der Waals surface area contributed by atoms with Crippen LogP contribution in [0.1, 0.15) is 43.5 Å². The molecule has 2 amide bonds. The molecule has 0 aliphatic carbocycles. The fourth-order valence-corrected chi connectivity index (χ4v) is 3.56. The van der Waals surface area contributed by atoms with Crippen molar-refractivity contribution in [3.05, 3.63) is 59.1 Å². The molecule has 2 N–H and O–H groups in total. The lowest BCUT2D eigenvalue weighted by atomic mass is 10.1. The molecule has 0 aliphatic heterocycles. The standard InChI is InChI=1S/C21H25ClN2O2S/c1-3-5-14-23-20(25)17-8-6-7-9-18(17)24-21(26)19(4-2)27-16-12-10-15(22)11-13-16/h6-13,19H,3-5,14H2,1-2H3,(H,23,25)(H,24,26). The summed E-state index contributed by atoms with van der Waals surface area (Å²) in [5, 5.41) is 6.22. The van der Waals surface area contributed by atoms with Gasteiger partial charge < -0.3 is 10.6 Å². The molecular formula is C21H25ClN2O2S. The summed E-state index contributed by atoms with van der Waals surface area (Å²) in [6, 6.07) is 14.5. The van der Waals surface area contributed by atoms with Gasteiger partial charge in [-0.25, -0.2) is 0 Å². The maximum absolute atomic E-state index is 12.8. The largest absolute Gasteiger partial charge is 0.352 e. The highest BCUT2D eigenvalue weighted by atomic mass is 35.5.